The van der Waals surface area contributed by atoms with Crippen molar-refractivity contribution in [2.75, 3.05) is 45.1 Å². The van der Waals surface area contributed by atoms with Crippen molar-refractivity contribution in [2.24, 2.45) is 11.8 Å². The first kappa shape index (κ1) is 35.2. The van der Waals surface area contributed by atoms with E-state index in [4.69, 9.17) is 5.11 Å². The molecule has 5 N–H and O–H groups in total. The van der Waals surface area contributed by atoms with Crippen LogP contribution in [0.4, 0.5) is 10.5 Å². The molecule has 3 aromatic carbocycles. The van der Waals surface area contributed by atoms with Gasteiger partial charge in [0.05, 0.1) is 0 Å². The lowest BCUT2D eigenvalue weighted by molar-refractivity contribution is -0.130. The number of aromatic amines is 1. The molecule has 0 radical (unpaired) electrons. The second-order valence-corrected chi connectivity index (χ2v) is 13.4. The highest BCUT2D eigenvalue weighted by Gasteiger charge is 2.30. The summed E-state index contributed by atoms with van der Waals surface area (Å²) in [7, 11) is 2.06. The number of benzene rings is 3. The van der Waals surface area contributed by atoms with Gasteiger partial charge < -0.3 is 30.9 Å². The molecule has 1 saturated heterocycles. The number of nitrogens with zero attached hydrogens (tertiary/aromatic N) is 5. The summed E-state index contributed by atoms with van der Waals surface area (Å²) in [6.07, 6.45) is 1.89. The maximum absolute atomic E-state index is 13.8. The van der Waals surface area contributed by atoms with Gasteiger partial charge in [-0.25, -0.2) is 9.89 Å². The van der Waals surface area contributed by atoms with Crippen molar-refractivity contribution in [2.45, 2.75) is 38.1 Å². The summed E-state index contributed by atoms with van der Waals surface area (Å²) < 4.78 is 0. The summed E-state index contributed by atoms with van der Waals surface area (Å²) in [5.41, 5.74) is 4.70. The van der Waals surface area contributed by atoms with E-state index in [0.29, 0.717) is 49.6 Å². The average Bonchev–Trinajstić information content (AvgIpc) is 3.70. The van der Waals surface area contributed by atoms with Crippen LogP contribution in [0.2, 0.25) is 0 Å². The zero-order chi connectivity index (χ0) is 35.7. The quantitative estimate of drug-likeness (QED) is 0.156. The Kier molecular flexibility index (Phi) is 11.3. The fourth-order valence-corrected chi connectivity index (χ4v) is 6.69. The van der Waals surface area contributed by atoms with Crippen molar-refractivity contribution in [1.82, 2.24) is 41.1 Å². The molecule has 1 aliphatic carbocycles. The number of nitrogens with one attached hydrogen (secondary N) is 4. The molecule has 1 aliphatic heterocycles. The summed E-state index contributed by atoms with van der Waals surface area (Å²) in [6, 6.07) is 21.7. The number of anilines is 1. The third-order valence-corrected chi connectivity index (χ3v) is 9.79. The summed E-state index contributed by atoms with van der Waals surface area (Å²) in [6.45, 7) is 3.50. The van der Waals surface area contributed by atoms with E-state index >= 15 is 0 Å². The standard InChI is InChI=1S/C37H43N9O5/c1-45-17-19-46(20-18-45)36(49)29-11-9-26(10-12-29)30-4-2-3-25(21-30)22-32(40-34(47)28-7-5-24(6-8-28)23-38-37(50)51)35(48)39-31-15-13-27(14-16-31)33-41-43-44-42-33/h2-4,9-16,21,24,28,32,38H,5-8,17-20,22-23H2,1H3,(H,39,48)(H,40,47)(H,50,51)(H,41,42,43,44)/t24-,28-,32-/m0/s1. The van der Waals surface area contributed by atoms with Crippen LogP contribution in [0, 0.1) is 11.8 Å². The van der Waals surface area contributed by atoms with Crippen LogP contribution in [0.15, 0.2) is 72.8 Å². The molecule has 6 rings (SSSR count). The molecule has 1 atom stereocenters. The molecule has 0 unspecified atom stereocenters. The first-order valence-electron chi connectivity index (χ1n) is 17.3. The number of carbonyl (C=O) groups is 4. The Morgan fingerprint density at radius 3 is 2.25 bits per heavy atom. The summed E-state index contributed by atoms with van der Waals surface area (Å²) in [5, 5.41) is 31.2. The van der Waals surface area contributed by atoms with Crippen molar-refractivity contribution in [3.8, 4) is 22.5 Å². The zero-order valence-corrected chi connectivity index (χ0v) is 28.5. The van der Waals surface area contributed by atoms with Crippen LogP contribution < -0.4 is 16.0 Å². The van der Waals surface area contributed by atoms with Gasteiger partial charge in [0.15, 0.2) is 5.82 Å². The molecule has 2 heterocycles. The fourth-order valence-electron chi connectivity index (χ4n) is 6.69. The Bertz CT molecular complexity index is 1800. The number of carbonyl (C=O) groups excluding carboxylic acids is 3. The Labute approximate surface area is 296 Å². The van der Waals surface area contributed by atoms with Crippen molar-refractivity contribution < 1.29 is 24.3 Å². The molecule has 0 spiro atoms. The minimum absolute atomic E-state index is 0.0306. The van der Waals surface area contributed by atoms with E-state index in [1.54, 1.807) is 24.3 Å². The fraction of sp³-hybridized carbons (Fsp3) is 0.378. The number of carboxylic acid groups (broad SMARTS) is 1. The van der Waals surface area contributed by atoms with Crippen molar-refractivity contribution >= 4 is 29.5 Å². The molecule has 51 heavy (non-hydrogen) atoms. The predicted octanol–water partition coefficient (Wildman–Crippen LogP) is 3.66. The first-order chi connectivity index (χ1) is 24.7. The number of H-pyrrole nitrogens is 1. The van der Waals surface area contributed by atoms with E-state index in [1.807, 2.05) is 53.4 Å². The van der Waals surface area contributed by atoms with Crippen molar-refractivity contribution in [3.63, 3.8) is 0 Å². The highest BCUT2D eigenvalue weighted by molar-refractivity contribution is 5.98. The molecular formula is C37H43N9O5. The second-order valence-electron chi connectivity index (χ2n) is 13.4. The summed E-state index contributed by atoms with van der Waals surface area (Å²) in [5.74, 6) is -0.0967. The first-order valence-corrected chi connectivity index (χ1v) is 17.3. The Balaban J connectivity index is 1.15. The van der Waals surface area contributed by atoms with Gasteiger partial charge in [0.2, 0.25) is 11.8 Å². The molecule has 14 heteroatoms. The smallest absolute Gasteiger partial charge is 0.404 e. The van der Waals surface area contributed by atoms with Gasteiger partial charge in [0.25, 0.3) is 5.91 Å². The highest BCUT2D eigenvalue weighted by atomic mass is 16.4. The zero-order valence-electron chi connectivity index (χ0n) is 28.5. The van der Waals surface area contributed by atoms with E-state index in [-0.39, 0.29) is 36.0 Å². The molecule has 4 aromatic rings. The number of amides is 4. The number of aromatic nitrogens is 4. The van der Waals surface area contributed by atoms with Crippen LogP contribution in [-0.4, -0.2) is 105 Å². The predicted molar refractivity (Wildman–Crippen MR) is 191 cm³/mol. The monoisotopic (exact) mass is 693 g/mol. The van der Waals surface area contributed by atoms with Crippen LogP contribution in [0.25, 0.3) is 22.5 Å². The SMILES string of the molecule is CN1CCN(C(=O)c2ccc(-c3cccc(C[C@H](NC(=O)[C@H]4CC[C@H](CNC(=O)O)CC4)C(=O)Nc4ccc(-c5nnn[nH]5)cc4)c3)cc2)CC1. The third kappa shape index (κ3) is 9.34. The average molecular weight is 694 g/mol. The Hall–Kier alpha value is -5.63. The van der Waals surface area contributed by atoms with Gasteiger partial charge in [-0.3, -0.25) is 14.4 Å². The van der Waals surface area contributed by atoms with Gasteiger partial charge in [0, 0.05) is 61.9 Å². The molecule has 2 fully saturated rings. The molecule has 266 valence electrons. The largest absolute Gasteiger partial charge is 0.465 e. The maximum Gasteiger partial charge on any atom is 0.404 e. The normalized spacial score (nSPS) is 18.4. The van der Waals surface area contributed by atoms with Crippen LogP contribution in [-0.2, 0) is 16.0 Å². The molecule has 2 aliphatic rings. The lowest BCUT2D eigenvalue weighted by Crippen LogP contribution is -2.48. The molecule has 4 amide bonds. The van der Waals surface area contributed by atoms with Gasteiger partial charge in [-0.05, 0) is 102 Å². The topological polar surface area (TPSA) is 186 Å². The Morgan fingerprint density at radius 1 is 0.882 bits per heavy atom. The maximum atomic E-state index is 13.8. The van der Waals surface area contributed by atoms with E-state index in [0.717, 1.165) is 48.2 Å². The van der Waals surface area contributed by atoms with Crippen LogP contribution in [0.5, 0.6) is 0 Å². The van der Waals surface area contributed by atoms with E-state index < -0.39 is 12.1 Å². The number of rotatable bonds is 11. The van der Waals surface area contributed by atoms with Gasteiger partial charge in [-0.2, -0.15) is 0 Å². The van der Waals surface area contributed by atoms with Gasteiger partial charge in [-0.15, -0.1) is 5.10 Å². The lowest BCUT2D eigenvalue weighted by Gasteiger charge is -2.32. The van der Waals surface area contributed by atoms with Crippen LogP contribution >= 0.6 is 0 Å². The summed E-state index contributed by atoms with van der Waals surface area (Å²) >= 11 is 0. The molecule has 14 nitrogen and oxygen atoms in total. The number of tetrazole rings is 1. The van der Waals surface area contributed by atoms with Crippen LogP contribution in [0.3, 0.4) is 0 Å². The van der Waals surface area contributed by atoms with Crippen molar-refractivity contribution in [3.05, 3.63) is 83.9 Å². The molecule has 1 aromatic heterocycles. The highest BCUT2D eigenvalue weighted by Crippen LogP contribution is 2.29. The second kappa shape index (κ2) is 16.4. The third-order valence-electron chi connectivity index (χ3n) is 9.79. The molecular weight excluding hydrogens is 650 g/mol. The summed E-state index contributed by atoms with van der Waals surface area (Å²) in [4.78, 5) is 55.4. The van der Waals surface area contributed by atoms with E-state index in [9.17, 15) is 19.2 Å². The number of hydrogen-bond acceptors (Lipinski definition) is 8. The Morgan fingerprint density at radius 2 is 1.59 bits per heavy atom. The van der Waals surface area contributed by atoms with Gasteiger partial charge in [0.1, 0.15) is 6.04 Å². The van der Waals surface area contributed by atoms with E-state index in [2.05, 4.69) is 48.5 Å². The minimum atomic E-state index is -1.05. The van der Waals surface area contributed by atoms with Gasteiger partial charge in [-0.1, -0.05) is 36.4 Å². The van der Waals surface area contributed by atoms with Gasteiger partial charge >= 0.3 is 6.09 Å². The minimum Gasteiger partial charge on any atom is -0.465 e. The molecule has 1 saturated carbocycles. The number of likely N-dealkylation sites (N-methyl/N-ethyl adjacent to an activating group) is 1. The number of piperazine rings is 1. The lowest BCUT2D eigenvalue weighted by atomic mass is 9.81. The van der Waals surface area contributed by atoms with E-state index in [1.165, 1.54) is 0 Å². The van der Waals surface area contributed by atoms with Crippen LogP contribution in [0.1, 0.15) is 41.6 Å². The number of hydrogen-bond donors (Lipinski definition) is 5. The molecule has 0 bridgehead atoms. The van der Waals surface area contributed by atoms with Crippen molar-refractivity contribution in [1.29, 1.82) is 0 Å².